The van der Waals surface area contributed by atoms with E-state index in [1.54, 1.807) is 0 Å². The molecule has 6 heteroatoms. The number of rotatable bonds is 63. The lowest BCUT2D eigenvalue weighted by atomic mass is 10.0. The minimum atomic E-state index is -0.780. The number of unbranched alkanes of at least 4 members (excludes halogenated alkanes) is 40. The Bertz CT molecular complexity index is 1450. The Morgan fingerprint density at radius 1 is 0.266 bits per heavy atom. The van der Waals surface area contributed by atoms with E-state index in [1.807, 2.05) is 0 Å². The van der Waals surface area contributed by atoms with Crippen LogP contribution in [0.1, 0.15) is 355 Å². The Kier molecular flexibility index (Phi) is 64.7. The molecule has 79 heavy (non-hydrogen) atoms. The molecule has 6 nitrogen and oxygen atoms in total. The third kappa shape index (κ3) is 65.5. The van der Waals surface area contributed by atoms with E-state index >= 15 is 0 Å². The van der Waals surface area contributed by atoms with Crippen LogP contribution in [0.3, 0.4) is 0 Å². The number of allylic oxidation sites excluding steroid dienone is 12. The van der Waals surface area contributed by atoms with Gasteiger partial charge in [-0.3, -0.25) is 14.4 Å². The SMILES string of the molecule is CC/C=C\C/C=C\C/C=C\C/C=C\CCCCCCCCCCCCCCCCC(=O)OCC(COC(=O)CCCCCCC/C=C\C/C=C\CCC)OC(=O)CCCCCCCCCCCCCCCCCCCCCCC. The maximum absolute atomic E-state index is 12.9. The van der Waals surface area contributed by atoms with Gasteiger partial charge in [0.15, 0.2) is 6.10 Å². The number of esters is 3. The summed E-state index contributed by atoms with van der Waals surface area (Å²) in [7, 11) is 0. The van der Waals surface area contributed by atoms with Crippen LogP contribution in [-0.2, 0) is 28.6 Å². The average Bonchev–Trinajstić information content (AvgIpc) is 3.45. The van der Waals surface area contributed by atoms with Crippen molar-refractivity contribution in [2.24, 2.45) is 0 Å². The van der Waals surface area contributed by atoms with Gasteiger partial charge in [-0.05, 0) is 83.5 Å². The van der Waals surface area contributed by atoms with Crippen LogP contribution in [0.5, 0.6) is 0 Å². The van der Waals surface area contributed by atoms with Gasteiger partial charge in [0.2, 0.25) is 0 Å². The highest BCUT2D eigenvalue weighted by Gasteiger charge is 2.19. The van der Waals surface area contributed by atoms with E-state index < -0.39 is 6.10 Å². The van der Waals surface area contributed by atoms with Crippen LogP contribution in [0.4, 0.5) is 0 Å². The minimum absolute atomic E-state index is 0.0761. The van der Waals surface area contributed by atoms with Crippen molar-refractivity contribution in [1.82, 2.24) is 0 Å². The molecule has 0 radical (unpaired) electrons. The number of ether oxygens (including phenoxy) is 3. The first-order chi connectivity index (χ1) is 39.0. The first kappa shape index (κ1) is 75.8. The summed E-state index contributed by atoms with van der Waals surface area (Å²) < 4.78 is 17.0. The van der Waals surface area contributed by atoms with E-state index in [2.05, 4.69) is 93.7 Å². The maximum atomic E-state index is 12.9. The molecule has 0 heterocycles. The fourth-order valence-corrected chi connectivity index (χ4v) is 10.1. The van der Waals surface area contributed by atoms with E-state index in [0.29, 0.717) is 19.3 Å². The second-order valence-corrected chi connectivity index (χ2v) is 23.1. The van der Waals surface area contributed by atoms with Crippen LogP contribution in [0.25, 0.3) is 0 Å². The molecule has 0 spiro atoms. The molecule has 1 atom stereocenters. The van der Waals surface area contributed by atoms with Crippen molar-refractivity contribution in [3.05, 3.63) is 72.9 Å². The van der Waals surface area contributed by atoms with Gasteiger partial charge in [-0.15, -0.1) is 0 Å². The summed E-state index contributed by atoms with van der Waals surface area (Å²) in [4.78, 5) is 38.4. The van der Waals surface area contributed by atoms with Crippen LogP contribution in [-0.4, -0.2) is 37.2 Å². The zero-order valence-corrected chi connectivity index (χ0v) is 52.6. The van der Waals surface area contributed by atoms with E-state index in [0.717, 1.165) is 109 Å². The molecule has 0 N–H and O–H groups in total. The third-order valence-electron chi connectivity index (χ3n) is 15.2. The summed E-state index contributed by atoms with van der Waals surface area (Å²) in [5.74, 6) is -0.870. The average molecular weight is 1100 g/mol. The van der Waals surface area contributed by atoms with E-state index in [1.165, 1.54) is 205 Å². The molecule has 1 unspecified atom stereocenters. The molecule has 458 valence electrons. The zero-order chi connectivity index (χ0) is 57.1. The Morgan fingerprint density at radius 3 is 0.823 bits per heavy atom. The Labute approximate surface area is 491 Å². The van der Waals surface area contributed by atoms with Gasteiger partial charge in [0, 0.05) is 19.3 Å². The van der Waals surface area contributed by atoms with Crippen LogP contribution in [0.2, 0.25) is 0 Å². The van der Waals surface area contributed by atoms with Crippen LogP contribution < -0.4 is 0 Å². The fourth-order valence-electron chi connectivity index (χ4n) is 10.1. The number of carbonyl (C=O) groups excluding carboxylic acids is 3. The molecular formula is C73H130O6. The van der Waals surface area contributed by atoms with Crippen molar-refractivity contribution in [3.63, 3.8) is 0 Å². The lowest BCUT2D eigenvalue weighted by Crippen LogP contribution is -2.30. The van der Waals surface area contributed by atoms with E-state index in [9.17, 15) is 14.4 Å². The maximum Gasteiger partial charge on any atom is 0.306 e. The van der Waals surface area contributed by atoms with Gasteiger partial charge in [0.1, 0.15) is 13.2 Å². The smallest absolute Gasteiger partial charge is 0.306 e. The van der Waals surface area contributed by atoms with Crippen molar-refractivity contribution in [1.29, 1.82) is 0 Å². The number of hydrogen-bond acceptors (Lipinski definition) is 6. The second-order valence-electron chi connectivity index (χ2n) is 23.1. The molecule has 0 aliphatic rings. The van der Waals surface area contributed by atoms with E-state index in [4.69, 9.17) is 14.2 Å². The molecular weight excluding hydrogens is 973 g/mol. The Hall–Kier alpha value is -3.15. The van der Waals surface area contributed by atoms with Gasteiger partial charge >= 0.3 is 17.9 Å². The van der Waals surface area contributed by atoms with Crippen molar-refractivity contribution in [3.8, 4) is 0 Å². The predicted octanol–water partition coefficient (Wildman–Crippen LogP) is 23.7. The lowest BCUT2D eigenvalue weighted by Gasteiger charge is -2.18. The monoisotopic (exact) mass is 1100 g/mol. The lowest BCUT2D eigenvalue weighted by molar-refractivity contribution is -0.167. The molecule has 0 aromatic carbocycles. The Morgan fingerprint density at radius 2 is 0.519 bits per heavy atom. The molecule has 0 amide bonds. The summed E-state index contributed by atoms with van der Waals surface area (Å²) in [5, 5.41) is 0. The minimum Gasteiger partial charge on any atom is -0.462 e. The van der Waals surface area contributed by atoms with E-state index in [-0.39, 0.29) is 31.1 Å². The first-order valence-corrected chi connectivity index (χ1v) is 34.4. The molecule has 0 fully saturated rings. The topological polar surface area (TPSA) is 78.9 Å². The third-order valence-corrected chi connectivity index (χ3v) is 15.2. The fraction of sp³-hybridized carbons (Fsp3) is 0.795. The van der Waals surface area contributed by atoms with Gasteiger partial charge in [0.05, 0.1) is 0 Å². The standard InChI is InChI=1S/C73H130O6/c1-4-7-10-13-16-19-22-25-27-29-31-33-34-35-36-37-38-40-41-43-45-48-51-54-57-60-63-66-72(75)78-69-70(68-77-71(74)65-62-59-56-53-50-47-24-21-18-15-12-9-6-3)79-73(76)67-64-61-58-55-52-49-46-44-42-39-32-30-28-26-23-20-17-14-11-8-5-2/h7,10,12,15-16,19,21,24-25,27,31,33,70H,4-6,8-9,11,13-14,17-18,20,22-23,26,28-30,32,34-69H2,1-3H3/b10-7-,15-12-,19-16-,24-21-,27-25-,33-31-. The van der Waals surface area contributed by atoms with Gasteiger partial charge in [-0.25, -0.2) is 0 Å². The second kappa shape index (κ2) is 67.4. The van der Waals surface area contributed by atoms with Gasteiger partial charge in [-0.2, -0.15) is 0 Å². The largest absolute Gasteiger partial charge is 0.462 e. The highest BCUT2D eigenvalue weighted by atomic mass is 16.6. The first-order valence-electron chi connectivity index (χ1n) is 34.4. The molecule has 0 aromatic rings. The number of carbonyl (C=O) groups is 3. The molecule has 0 aliphatic heterocycles. The summed E-state index contributed by atoms with van der Waals surface area (Å²) in [6, 6.07) is 0. The molecule has 0 aromatic heterocycles. The van der Waals surface area contributed by atoms with Crippen LogP contribution in [0, 0.1) is 0 Å². The molecule has 0 rings (SSSR count). The van der Waals surface area contributed by atoms with Crippen molar-refractivity contribution in [2.75, 3.05) is 13.2 Å². The van der Waals surface area contributed by atoms with Crippen LogP contribution >= 0.6 is 0 Å². The molecule has 0 aliphatic carbocycles. The summed E-state index contributed by atoms with van der Waals surface area (Å²) in [6.07, 6.45) is 87.8. The molecule has 0 saturated carbocycles. The van der Waals surface area contributed by atoms with Gasteiger partial charge < -0.3 is 14.2 Å². The molecule has 0 saturated heterocycles. The number of hydrogen-bond donors (Lipinski definition) is 0. The van der Waals surface area contributed by atoms with Crippen LogP contribution in [0.15, 0.2) is 72.9 Å². The van der Waals surface area contributed by atoms with Crippen molar-refractivity contribution >= 4 is 17.9 Å². The van der Waals surface area contributed by atoms with Gasteiger partial charge in [-0.1, -0.05) is 325 Å². The summed E-state index contributed by atoms with van der Waals surface area (Å²) in [5.41, 5.74) is 0. The highest BCUT2D eigenvalue weighted by molar-refractivity contribution is 5.71. The van der Waals surface area contributed by atoms with Crippen molar-refractivity contribution in [2.45, 2.75) is 361 Å². The molecule has 0 bridgehead atoms. The van der Waals surface area contributed by atoms with Gasteiger partial charge in [0.25, 0.3) is 0 Å². The highest BCUT2D eigenvalue weighted by Crippen LogP contribution is 2.18. The summed E-state index contributed by atoms with van der Waals surface area (Å²) >= 11 is 0. The van der Waals surface area contributed by atoms with Crippen molar-refractivity contribution < 1.29 is 28.6 Å². The Balaban J connectivity index is 4.24. The quantitative estimate of drug-likeness (QED) is 0.0261. The normalized spacial score (nSPS) is 12.5. The zero-order valence-electron chi connectivity index (χ0n) is 52.6. The predicted molar refractivity (Wildman–Crippen MR) is 344 cm³/mol. The summed E-state index contributed by atoms with van der Waals surface area (Å²) in [6.45, 7) is 6.51.